The van der Waals surface area contributed by atoms with E-state index in [1.807, 2.05) is 6.92 Å². The predicted octanol–water partition coefficient (Wildman–Crippen LogP) is 4.20. The fraction of sp³-hybridized carbons (Fsp3) is 0.471. The molecular weight excluding hydrogens is 246 g/mol. The van der Waals surface area contributed by atoms with Crippen molar-refractivity contribution in [3.05, 3.63) is 41.7 Å². The van der Waals surface area contributed by atoms with Crippen molar-refractivity contribution in [1.29, 1.82) is 0 Å². The number of imidazole rings is 1. The van der Waals surface area contributed by atoms with Crippen molar-refractivity contribution in [2.45, 2.75) is 40.5 Å². The summed E-state index contributed by atoms with van der Waals surface area (Å²) in [6.45, 7) is 9.61. The number of rotatable bonds is 6. The molecule has 1 N–H and O–H groups in total. The van der Waals surface area contributed by atoms with Crippen molar-refractivity contribution >= 4 is 5.95 Å². The van der Waals surface area contributed by atoms with Gasteiger partial charge in [0.2, 0.25) is 5.95 Å². The normalized spacial score (nSPS) is 11.1. The summed E-state index contributed by atoms with van der Waals surface area (Å²) in [6, 6.07) is 8.59. The van der Waals surface area contributed by atoms with Crippen molar-refractivity contribution in [2.24, 2.45) is 5.92 Å². The van der Waals surface area contributed by atoms with E-state index in [0.29, 0.717) is 5.92 Å². The molecule has 3 heteroatoms. The topological polar surface area (TPSA) is 29.9 Å². The molecule has 0 fully saturated rings. The van der Waals surface area contributed by atoms with Crippen LogP contribution in [0, 0.1) is 12.8 Å². The van der Waals surface area contributed by atoms with Gasteiger partial charge in [0, 0.05) is 12.7 Å². The van der Waals surface area contributed by atoms with Crippen molar-refractivity contribution in [1.82, 2.24) is 9.55 Å². The summed E-state index contributed by atoms with van der Waals surface area (Å²) in [6.07, 6.45) is 4.35. The molecule has 2 rings (SSSR count). The highest BCUT2D eigenvalue weighted by Gasteiger charge is 2.10. The maximum Gasteiger partial charge on any atom is 0.207 e. The molecule has 0 spiro atoms. The van der Waals surface area contributed by atoms with E-state index >= 15 is 0 Å². The highest BCUT2D eigenvalue weighted by Crippen LogP contribution is 2.21. The fourth-order valence-corrected chi connectivity index (χ4v) is 2.33. The van der Waals surface area contributed by atoms with Crippen molar-refractivity contribution in [3.63, 3.8) is 0 Å². The Kier molecular flexibility index (Phi) is 4.83. The Morgan fingerprint density at radius 1 is 1.25 bits per heavy atom. The Morgan fingerprint density at radius 3 is 2.70 bits per heavy atom. The molecular formula is C17H25N3. The number of hydrogen-bond acceptors (Lipinski definition) is 2. The maximum absolute atomic E-state index is 4.61. The highest BCUT2D eigenvalue weighted by molar-refractivity contribution is 5.48. The minimum Gasteiger partial charge on any atom is -0.355 e. The summed E-state index contributed by atoms with van der Waals surface area (Å²) in [7, 11) is 0. The second kappa shape index (κ2) is 6.60. The van der Waals surface area contributed by atoms with Gasteiger partial charge in [0.25, 0.3) is 0 Å². The smallest absolute Gasteiger partial charge is 0.207 e. The Labute approximate surface area is 122 Å². The lowest BCUT2D eigenvalue weighted by atomic mass is 10.1. The Morgan fingerprint density at radius 2 is 2.00 bits per heavy atom. The van der Waals surface area contributed by atoms with Crippen LogP contribution in [0.1, 0.15) is 38.4 Å². The van der Waals surface area contributed by atoms with Crippen LogP contribution in [-0.4, -0.2) is 16.1 Å². The van der Waals surface area contributed by atoms with Crippen LogP contribution in [0.15, 0.2) is 30.5 Å². The van der Waals surface area contributed by atoms with Crippen LogP contribution in [0.5, 0.6) is 0 Å². The van der Waals surface area contributed by atoms with Crippen molar-refractivity contribution in [2.75, 3.05) is 11.9 Å². The zero-order chi connectivity index (χ0) is 14.5. The van der Waals surface area contributed by atoms with Crippen LogP contribution in [0.2, 0.25) is 0 Å². The van der Waals surface area contributed by atoms with Gasteiger partial charge < -0.3 is 5.32 Å². The SMILES string of the molecule is CCCc1ccccc1-n1cc(C)nc1NCC(C)C. The van der Waals surface area contributed by atoms with E-state index in [2.05, 4.69) is 66.1 Å². The standard InChI is InChI=1S/C17H25N3/c1-5-8-15-9-6-7-10-16(15)20-12-14(4)19-17(20)18-11-13(2)3/h6-7,9-10,12-13H,5,8,11H2,1-4H3,(H,18,19). The average Bonchev–Trinajstić information content (AvgIpc) is 2.78. The zero-order valence-corrected chi connectivity index (χ0v) is 13.0. The summed E-state index contributed by atoms with van der Waals surface area (Å²) < 4.78 is 2.18. The molecule has 1 heterocycles. The lowest BCUT2D eigenvalue weighted by Gasteiger charge is -2.14. The number of aromatic nitrogens is 2. The number of benzene rings is 1. The van der Waals surface area contributed by atoms with E-state index < -0.39 is 0 Å². The lowest BCUT2D eigenvalue weighted by Crippen LogP contribution is -2.12. The molecule has 0 aliphatic carbocycles. The molecule has 1 aromatic heterocycles. The Bertz CT molecular complexity index is 555. The second-order valence-electron chi connectivity index (χ2n) is 5.73. The number of aryl methyl sites for hydroxylation is 2. The van der Waals surface area contributed by atoms with Gasteiger partial charge in [-0.1, -0.05) is 45.4 Å². The first-order valence-corrected chi connectivity index (χ1v) is 7.50. The molecule has 0 bridgehead atoms. The van der Waals surface area contributed by atoms with Crippen LogP contribution in [0.25, 0.3) is 5.69 Å². The van der Waals surface area contributed by atoms with Gasteiger partial charge in [0.05, 0.1) is 11.4 Å². The molecule has 108 valence electrons. The molecule has 3 nitrogen and oxygen atoms in total. The first-order valence-electron chi connectivity index (χ1n) is 7.50. The molecule has 0 aliphatic heterocycles. The molecule has 0 saturated carbocycles. The van der Waals surface area contributed by atoms with Gasteiger partial charge in [-0.15, -0.1) is 0 Å². The van der Waals surface area contributed by atoms with E-state index in [1.54, 1.807) is 0 Å². The van der Waals surface area contributed by atoms with Gasteiger partial charge in [-0.3, -0.25) is 4.57 Å². The second-order valence-corrected chi connectivity index (χ2v) is 5.73. The number of nitrogens with zero attached hydrogens (tertiary/aromatic N) is 2. The minimum absolute atomic E-state index is 0.603. The molecule has 0 unspecified atom stereocenters. The zero-order valence-electron chi connectivity index (χ0n) is 13.0. The van der Waals surface area contributed by atoms with Gasteiger partial charge in [-0.2, -0.15) is 0 Å². The largest absolute Gasteiger partial charge is 0.355 e. The number of para-hydroxylation sites is 1. The molecule has 0 aliphatic rings. The van der Waals surface area contributed by atoms with E-state index in [1.165, 1.54) is 11.3 Å². The highest BCUT2D eigenvalue weighted by atomic mass is 15.2. The Balaban J connectivity index is 2.36. The number of nitrogens with one attached hydrogen (secondary N) is 1. The third-order valence-corrected chi connectivity index (χ3v) is 3.27. The molecule has 1 aromatic carbocycles. The van der Waals surface area contributed by atoms with E-state index in [4.69, 9.17) is 0 Å². The monoisotopic (exact) mass is 271 g/mol. The third-order valence-electron chi connectivity index (χ3n) is 3.27. The van der Waals surface area contributed by atoms with Crippen LogP contribution in [0.3, 0.4) is 0 Å². The van der Waals surface area contributed by atoms with E-state index in [-0.39, 0.29) is 0 Å². The van der Waals surface area contributed by atoms with Crippen LogP contribution in [-0.2, 0) is 6.42 Å². The lowest BCUT2D eigenvalue weighted by molar-refractivity contribution is 0.683. The molecule has 0 saturated heterocycles. The van der Waals surface area contributed by atoms with Gasteiger partial charge in [0.1, 0.15) is 0 Å². The third kappa shape index (κ3) is 3.41. The van der Waals surface area contributed by atoms with Crippen LogP contribution < -0.4 is 5.32 Å². The first kappa shape index (κ1) is 14.6. The maximum atomic E-state index is 4.61. The number of hydrogen-bond donors (Lipinski definition) is 1. The number of anilines is 1. The van der Waals surface area contributed by atoms with Gasteiger partial charge in [0.15, 0.2) is 0 Å². The van der Waals surface area contributed by atoms with Gasteiger partial charge in [-0.25, -0.2) is 4.98 Å². The van der Waals surface area contributed by atoms with E-state index in [0.717, 1.165) is 31.0 Å². The van der Waals surface area contributed by atoms with Crippen molar-refractivity contribution < 1.29 is 0 Å². The average molecular weight is 271 g/mol. The quantitative estimate of drug-likeness (QED) is 0.853. The van der Waals surface area contributed by atoms with Gasteiger partial charge >= 0.3 is 0 Å². The van der Waals surface area contributed by atoms with E-state index in [9.17, 15) is 0 Å². The van der Waals surface area contributed by atoms with Crippen LogP contribution in [0.4, 0.5) is 5.95 Å². The molecule has 0 amide bonds. The summed E-state index contributed by atoms with van der Waals surface area (Å²) >= 11 is 0. The van der Waals surface area contributed by atoms with Crippen molar-refractivity contribution in [3.8, 4) is 5.69 Å². The van der Waals surface area contributed by atoms with Crippen LogP contribution >= 0.6 is 0 Å². The summed E-state index contributed by atoms with van der Waals surface area (Å²) in [4.78, 5) is 4.61. The summed E-state index contributed by atoms with van der Waals surface area (Å²) in [5.41, 5.74) is 3.66. The summed E-state index contributed by atoms with van der Waals surface area (Å²) in [5, 5.41) is 3.45. The molecule has 0 radical (unpaired) electrons. The first-order chi connectivity index (χ1) is 9.61. The molecule has 2 aromatic rings. The Hall–Kier alpha value is -1.77. The minimum atomic E-state index is 0.603. The fourth-order valence-electron chi connectivity index (χ4n) is 2.33. The molecule has 0 atom stereocenters. The molecule has 20 heavy (non-hydrogen) atoms. The predicted molar refractivity (Wildman–Crippen MR) is 85.6 cm³/mol. The summed E-state index contributed by atoms with van der Waals surface area (Å²) in [5.74, 6) is 1.55. The van der Waals surface area contributed by atoms with Gasteiger partial charge in [-0.05, 0) is 30.9 Å².